The van der Waals surface area contributed by atoms with Crippen LogP contribution in [0.25, 0.3) is 0 Å². The van der Waals surface area contributed by atoms with Gasteiger partial charge in [-0.25, -0.2) is 4.39 Å². The molecule has 24 heavy (non-hydrogen) atoms. The summed E-state index contributed by atoms with van der Waals surface area (Å²) in [5.41, 5.74) is 5.35. The molecule has 0 aliphatic rings. The summed E-state index contributed by atoms with van der Waals surface area (Å²) in [6.07, 6.45) is 6.89. The van der Waals surface area contributed by atoms with Crippen LogP contribution in [0.3, 0.4) is 0 Å². The summed E-state index contributed by atoms with van der Waals surface area (Å²) >= 11 is 0. The van der Waals surface area contributed by atoms with E-state index in [2.05, 4.69) is 27.7 Å². The predicted octanol–water partition coefficient (Wildman–Crippen LogP) is 2.45. The topological polar surface area (TPSA) is 84.0 Å². The van der Waals surface area contributed by atoms with Gasteiger partial charge in [0.1, 0.15) is 5.69 Å². The molecule has 0 saturated carbocycles. The van der Waals surface area contributed by atoms with Crippen molar-refractivity contribution in [2.75, 3.05) is 0 Å². The van der Waals surface area contributed by atoms with E-state index in [1.165, 1.54) is 12.3 Å². The van der Waals surface area contributed by atoms with Gasteiger partial charge in [0, 0.05) is 12.4 Å². The molecule has 8 heteroatoms. The second kappa shape index (κ2) is 9.57. The third kappa shape index (κ3) is 5.27. The van der Waals surface area contributed by atoms with Crippen molar-refractivity contribution in [3.63, 3.8) is 0 Å². The lowest BCUT2D eigenvalue weighted by Crippen LogP contribution is -2.42. The number of carbonyl (C=O) groups is 2. The molecule has 0 spiro atoms. The molecule has 2 N–H and O–H groups in total. The van der Waals surface area contributed by atoms with Crippen LogP contribution in [0.2, 0.25) is 0 Å². The van der Waals surface area contributed by atoms with Gasteiger partial charge in [0.05, 0.1) is 11.8 Å². The van der Waals surface area contributed by atoms with E-state index in [0.717, 1.165) is 31.0 Å². The van der Waals surface area contributed by atoms with E-state index in [1.807, 2.05) is 6.07 Å². The molecule has 6 nitrogen and oxygen atoms in total. The number of nitrogens with one attached hydrogen (secondary N) is 2. The molecule has 0 aliphatic heterocycles. The van der Waals surface area contributed by atoms with Crippen molar-refractivity contribution in [3.05, 3.63) is 59.4 Å². The highest BCUT2D eigenvalue weighted by molar-refractivity contribution is 5.98. The average Bonchev–Trinajstić information content (AvgIpc) is 2.58. The minimum atomic E-state index is -0.766. The lowest BCUT2D eigenvalue weighted by molar-refractivity contribution is 0.0841. The zero-order valence-electron chi connectivity index (χ0n) is 13.1. The smallest absolute Gasteiger partial charge is 0.267 e. The Morgan fingerprint density at radius 3 is 2.50 bits per heavy atom. The van der Waals surface area contributed by atoms with Crippen LogP contribution in [-0.2, 0) is 6.42 Å². The molecule has 0 atom stereocenters. The van der Waals surface area contributed by atoms with Crippen molar-refractivity contribution in [3.8, 4) is 0 Å². The maximum Gasteiger partial charge on any atom is 0.288 e. The monoisotopic (exact) mass is 352 g/mol. The largest absolute Gasteiger partial charge is 0.288 e. The first-order valence-electron chi connectivity index (χ1n) is 7.27. The molecular formula is C16H18ClFN4O2. The van der Waals surface area contributed by atoms with Crippen molar-refractivity contribution in [1.82, 2.24) is 20.8 Å². The Labute approximate surface area is 145 Å². The van der Waals surface area contributed by atoms with Crippen LogP contribution in [0, 0.1) is 5.82 Å². The highest BCUT2D eigenvalue weighted by Gasteiger charge is 2.13. The molecule has 0 bridgehead atoms. The van der Waals surface area contributed by atoms with Crippen LogP contribution in [0.1, 0.15) is 46.2 Å². The van der Waals surface area contributed by atoms with Crippen LogP contribution in [0.5, 0.6) is 0 Å². The Balaban J connectivity index is 0.00000288. The molecule has 0 aromatic carbocycles. The fourth-order valence-corrected chi connectivity index (χ4v) is 1.89. The van der Waals surface area contributed by atoms with Crippen LogP contribution in [0.15, 0.2) is 36.8 Å². The van der Waals surface area contributed by atoms with Gasteiger partial charge in [0.2, 0.25) is 0 Å². The Morgan fingerprint density at radius 1 is 1.12 bits per heavy atom. The summed E-state index contributed by atoms with van der Waals surface area (Å²) in [5, 5.41) is 0. The first-order chi connectivity index (χ1) is 11.1. The first-order valence-corrected chi connectivity index (χ1v) is 7.27. The van der Waals surface area contributed by atoms with Gasteiger partial charge in [0.15, 0.2) is 5.82 Å². The normalized spacial score (nSPS) is 9.75. The van der Waals surface area contributed by atoms with Crippen LogP contribution in [-0.4, -0.2) is 21.8 Å². The number of halogens is 2. The maximum absolute atomic E-state index is 13.4. The lowest BCUT2D eigenvalue weighted by Gasteiger charge is -2.08. The lowest BCUT2D eigenvalue weighted by atomic mass is 10.1. The van der Waals surface area contributed by atoms with E-state index >= 15 is 0 Å². The molecule has 0 unspecified atom stereocenters. The average molecular weight is 353 g/mol. The SMILES string of the molecule is CCCCc1ccc(C(=O)NNC(=O)c2ccncc2F)nc1.Cl. The van der Waals surface area contributed by atoms with Crippen LogP contribution >= 0.6 is 12.4 Å². The summed E-state index contributed by atoms with van der Waals surface area (Å²) in [7, 11) is 0. The van der Waals surface area contributed by atoms with Crippen LogP contribution < -0.4 is 10.9 Å². The van der Waals surface area contributed by atoms with Gasteiger partial charge in [-0.05, 0) is 30.5 Å². The fraction of sp³-hybridized carbons (Fsp3) is 0.250. The van der Waals surface area contributed by atoms with Crippen molar-refractivity contribution >= 4 is 24.2 Å². The van der Waals surface area contributed by atoms with E-state index in [9.17, 15) is 14.0 Å². The summed E-state index contributed by atoms with van der Waals surface area (Å²) in [5.74, 6) is -2.11. The van der Waals surface area contributed by atoms with Gasteiger partial charge >= 0.3 is 0 Å². The zero-order chi connectivity index (χ0) is 16.7. The van der Waals surface area contributed by atoms with Gasteiger partial charge in [0.25, 0.3) is 11.8 Å². The number of hydrazine groups is 1. The van der Waals surface area contributed by atoms with Crippen molar-refractivity contribution in [1.29, 1.82) is 0 Å². The van der Waals surface area contributed by atoms with Crippen molar-refractivity contribution in [2.45, 2.75) is 26.2 Å². The second-order valence-corrected chi connectivity index (χ2v) is 4.92. The summed E-state index contributed by atoms with van der Waals surface area (Å²) in [6.45, 7) is 2.10. The number of aryl methyl sites for hydroxylation is 1. The molecule has 2 amide bonds. The molecule has 0 saturated heterocycles. The number of amides is 2. The molecule has 0 radical (unpaired) electrons. The van der Waals surface area contributed by atoms with Gasteiger partial charge < -0.3 is 0 Å². The minimum Gasteiger partial charge on any atom is -0.267 e. The van der Waals surface area contributed by atoms with Crippen LogP contribution in [0.4, 0.5) is 4.39 Å². The fourth-order valence-electron chi connectivity index (χ4n) is 1.89. The molecular weight excluding hydrogens is 335 g/mol. The Hall–Kier alpha value is -2.54. The summed E-state index contributed by atoms with van der Waals surface area (Å²) in [6, 6.07) is 4.62. The Bertz CT molecular complexity index is 695. The molecule has 128 valence electrons. The molecule has 2 aromatic rings. The molecule has 0 fully saturated rings. The minimum absolute atomic E-state index is 0. The van der Waals surface area contributed by atoms with Gasteiger partial charge in [-0.3, -0.25) is 30.4 Å². The van der Waals surface area contributed by atoms with E-state index in [0.29, 0.717) is 0 Å². The molecule has 0 aliphatic carbocycles. The molecule has 2 heterocycles. The number of aromatic nitrogens is 2. The number of hydrogen-bond donors (Lipinski definition) is 2. The quantitative estimate of drug-likeness (QED) is 0.809. The number of rotatable bonds is 5. The summed E-state index contributed by atoms with van der Waals surface area (Å²) in [4.78, 5) is 31.3. The standard InChI is InChI=1S/C16H17FN4O2.ClH/c1-2-3-4-11-5-6-14(19-9-11)16(23)21-20-15(22)12-7-8-18-10-13(12)17;/h5-10H,2-4H2,1H3,(H,20,22)(H,21,23);1H. The van der Waals surface area contributed by atoms with Gasteiger partial charge in [-0.15, -0.1) is 12.4 Å². The van der Waals surface area contributed by atoms with Gasteiger partial charge in [-0.1, -0.05) is 19.4 Å². The Kier molecular flexibility index (Phi) is 7.77. The number of hydrogen-bond acceptors (Lipinski definition) is 4. The number of pyridine rings is 2. The third-order valence-electron chi connectivity index (χ3n) is 3.18. The highest BCUT2D eigenvalue weighted by atomic mass is 35.5. The van der Waals surface area contributed by atoms with E-state index < -0.39 is 17.6 Å². The van der Waals surface area contributed by atoms with E-state index in [1.54, 1.807) is 12.3 Å². The second-order valence-electron chi connectivity index (χ2n) is 4.92. The number of nitrogens with zero attached hydrogens (tertiary/aromatic N) is 2. The van der Waals surface area contributed by atoms with E-state index in [-0.39, 0.29) is 23.7 Å². The van der Waals surface area contributed by atoms with Crippen molar-refractivity contribution < 1.29 is 14.0 Å². The zero-order valence-corrected chi connectivity index (χ0v) is 13.9. The first kappa shape index (κ1) is 19.5. The molecule has 2 aromatic heterocycles. The maximum atomic E-state index is 13.4. The number of carbonyl (C=O) groups excluding carboxylic acids is 2. The summed E-state index contributed by atoms with van der Waals surface area (Å²) < 4.78 is 13.4. The molecule has 2 rings (SSSR count). The predicted molar refractivity (Wildman–Crippen MR) is 89.2 cm³/mol. The van der Waals surface area contributed by atoms with Gasteiger partial charge in [-0.2, -0.15) is 0 Å². The number of unbranched alkanes of at least 4 members (excludes halogenated alkanes) is 1. The third-order valence-corrected chi connectivity index (χ3v) is 3.18. The highest BCUT2D eigenvalue weighted by Crippen LogP contribution is 2.05. The van der Waals surface area contributed by atoms with Crippen molar-refractivity contribution in [2.24, 2.45) is 0 Å². The van der Waals surface area contributed by atoms with E-state index in [4.69, 9.17) is 0 Å². The Morgan fingerprint density at radius 2 is 1.88 bits per heavy atom.